The van der Waals surface area contributed by atoms with Gasteiger partial charge in [-0.15, -0.1) is 0 Å². The number of carbonyl (C=O) groups excluding carboxylic acids is 1. The van der Waals surface area contributed by atoms with Crippen molar-refractivity contribution in [2.45, 2.75) is 45.4 Å². The van der Waals surface area contributed by atoms with Gasteiger partial charge in [0.05, 0.1) is 0 Å². The average Bonchev–Trinajstić information content (AvgIpc) is 2.52. The third kappa shape index (κ3) is 4.71. The minimum atomic E-state index is 0.219. The van der Waals surface area contributed by atoms with Crippen molar-refractivity contribution >= 4 is 17.4 Å². The summed E-state index contributed by atoms with van der Waals surface area (Å²) in [4.78, 5) is 12.5. The van der Waals surface area contributed by atoms with Crippen LogP contribution in [0.2, 0.25) is 5.02 Å². The van der Waals surface area contributed by atoms with Gasteiger partial charge in [-0.1, -0.05) is 73.3 Å². The Kier molecular flexibility index (Phi) is 6.21. The molecule has 116 valence electrons. The number of Topliss-reactive ketones (excluding diaryl/α,β-unsaturated/α-hetero) is 1. The summed E-state index contributed by atoms with van der Waals surface area (Å²) in [6.07, 6.45) is 3.87. The first-order chi connectivity index (χ1) is 10.6. The van der Waals surface area contributed by atoms with Gasteiger partial charge < -0.3 is 0 Å². The number of ketones is 1. The van der Waals surface area contributed by atoms with E-state index in [9.17, 15) is 4.79 Å². The molecule has 0 aromatic heterocycles. The summed E-state index contributed by atoms with van der Waals surface area (Å²) in [6.45, 7) is 4.22. The maximum atomic E-state index is 12.5. The van der Waals surface area contributed by atoms with E-state index in [0.29, 0.717) is 6.42 Å². The van der Waals surface area contributed by atoms with Crippen molar-refractivity contribution in [2.24, 2.45) is 0 Å². The van der Waals surface area contributed by atoms with E-state index in [1.165, 1.54) is 11.1 Å². The second-order valence-corrected chi connectivity index (χ2v) is 6.32. The molecule has 22 heavy (non-hydrogen) atoms. The van der Waals surface area contributed by atoms with Gasteiger partial charge in [0.1, 0.15) is 0 Å². The van der Waals surface area contributed by atoms with Crippen molar-refractivity contribution in [3.8, 4) is 0 Å². The van der Waals surface area contributed by atoms with Gasteiger partial charge in [-0.25, -0.2) is 0 Å². The van der Waals surface area contributed by atoms with Gasteiger partial charge in [-0.05, 0) is 37.0 Å². The highest BCUT2D eigenvalue weighted by atomic mass is 35.5. The largest absolute Gasteiger partial charge is 0.294 e. The lowest BCUT2D eigenvalue weighted by molar-refractivity contribution is 0.0972. The molecule has 0 aliphatic heterocycles. The topological polar surface area (TPSA) is 17.1 Å². The van der Waals surface area contributed by atoms with Crippen molar-refractivity contribution in [1.82, 2.24) is 0 Å². The Balaban J connectivity index is 2.13. The number of carbonyl (C=O) groups is 1. The van der Waals surface area contributed by atoms with Gasteiger partial charge in [0, 0.05) is 17.0 Å². The molecule has 0 amide bonds. The normalized spacial score (nSPS) is 12.1. The SMILES string of the molecule is CCCCC(CC(=O)c1ccc(C)cc1)c1ccc(Cl)cc1. The summed E-state index contributed by atoms with van der Waals surface area (Å²) in [5.41, 5.74) is 3.19. The fourth-order valence-corrected chi connectivity index (χ4v) is 2.78. The highest BCUT2D eigenvalue weighted by molar-refractivity contribution is 6.30. The highest BCUT2D eigenvalue weighted by Gasteiger charge is 2.17. The molecule has 0 bridgehead atoms. The van der Waals surface area contributed by atoms with Gasteiger partial charge in [0.2, 0.25) is 0 Å². The molecule has 1 nitrogen and oxygen atoms in total. The molecule has 2 heteroatoms. The lowest BCUT2D eigenvalue weighted by atomic mass is 9.87. The Morgan fingerprint density at radius 2 is 1.68 bits per heavy atom. The molecule has 0 aliphatic carbocycles. The summed E-state index contributed by atoms with van der Waals surface area (Å²) in [7, 11) is 0. The van der Waals surface area contributed by atoms with Gasteiger partial charge in [-0.3, -0.25) is 4.79 Å². The van der Waals surface area contributed by atoms with Gasteiger partial charge in [0.15, 0.2) is 5.78 Å². The molecule has 0 saturated heterocycles. The van der Waals surface area contributed by atoms with Crippen LogP contribution in [-0.2, 0) is 0 Å². The standard InChI is InChI=1S/C20H23ClO/c1-3-4-5-18(16-10-12-19(21)13-11-16)14-20(22)17-8-6-15(2)7-9-17/h6-13,18H,3-5,14H2,1-2H3. The van der Waals surface area contributed by atoms with Crippen LogP contribution in [0.25, 0.3) is 0 Å². The minimum Gasteiger partial charge on any atom is -0.294 e. The first-order valence-corrected chi connectivity index (χ1v) is 8.33. The molecule has 1 atom stereocenters. The quantitative estimate of drug-likeness (QED) is 0.556. The second kappa shape index (κ2) is 8.14. The van der Waals surface area contributed by atoms with E-state index in [4.69, 9.17) is 11.6 Å². The number of unbranched alkanes of at least 4 members (excludes halogenated alkanes) is 1. The molecular weight excluding hydrogens is 292 g/mol. The van der Waals surface area contributed by atoms with E-state index in [2.05, 4.69) is 6.92 Å². The van der Waals surface area contributed by atoms with Crippen LogP contribution in [0.4, 0.5) is 0 Å². The number of halogens is 1. The van der Waals surface area contributed by atoms with Crippen molar-refractivity contribution in [3.05, 3.63) is 70.2 Å². The molecule has 0 heterocycles. The van der Waals surface area contributed by atoms with Gasteiger partial charge in [0.25, 0.3) is 0 Å². The maximum absolute atomic E-state index is 12.5. The molecule has 0 spiro atoms. The van der Waals surface area contributed by atoms with Crippen LogP contribution in [0.3, 0.4) is 0 Å². The van der Waals surface area contributed by atoms with E-state index in [-0.39, 0.29) is 11.7 Å². The molecule has 0 aliphatic rings. The van der Waals surface area contributed by atoms with Crippen molar-refractivity contribution < 1.29 is 4.79 Å². The summed E-state index contributed by atoms with van der Waals surface area (Å²) in [5.74, 6) is 0.488. The predicted octanol–water partition coefficient (Wildman–Crippen LogP) is 6.20. The summed E-state index contributed by atoms with van der Waals surface area (Å²) < 4.78 is 0. The van der Waals surface area contributed by atoms with Crippen molar-refractivity contribution in [1.29, 1.82) is 0 Å². The van der Waals surface area contributed by atoms with E-state index < -0.39 is 0 Å². The Morgan fingerprint density at radius 3 is 2.27 bits per heavy atom. The minimum absolute atomic E-state index is 0.219. The van der Waals surface area contributed by atoms with E-state index in [1.807, 2.05) is 55.5 Å². The van der Waals surface area contributed by atoms with Gasteiger partial charge in [-0.2, -0.15) is 0 Å². The van der Waals surface area contributed by atoms with E-state index in [0.717, 1.165) is 29.8 Å². The fourth-order valence-electron chi connectivity index (χ4n) is 2.65. The molecule has 2 rings (SSSR count). The van der Waals surface area contributed by atoms with Crippen molar-refractivity contribution in [3.63, 3.8) is 0 Å². The van der Waals surface area contributed by atoms with Crippen LogP contribution in [0.1, 0.15) is 60.0 Å². The zero-order chi connectivity index (χ0) is 15.9. The number of hydrogen-bond donors (Lipinski definition) is 0. The number of aryl methyl sites for hydroxylation is 1. The molecular formula is C20H23ClO. The molecule has 2 aromatic rings. The van der Waals surface area contributed by atoms with Crippen LogP contribution in [0, 0.1) is 6.92 Å². The predicted molar refractivity (Wildman–Crippen MR) is 93.8 cm³/mol. The Hall–Kier alpha value is -1.60. The van der Waals surface area contributed by atoms with E-state index >= 15 is 0 Å². The summed E-state index contributed by atoms with van der Waals surface area (Å²) >= 11 is 5.97. The third-order valence-corrected chi connectivity index (χ3v) is 4.30. The van der Waals surface area contributed by atoms with E-state index in [1.54, 1.807) is 0 Å². The number of hydrogen-bond acceptors (Lipinski definition) is 1. The second-order valence-electron chi connectivity index (χ2n) is 5.88. The molecule has 0 N–H and O–H groups in total. The highest BCUT2D eigenvalue weighted by Crippen LogP contribution is 2.28. The van der Waals surface area contributed by atoms with Crippen LogP contribution in [0.5, 0.6) is 0 Å². The molecule has 2 aromatic carbocycles. The van der Waals surface area contributed by atoms with Crippen LogP contribution in [0.15, 0.2) is 48.5 Å². The number of rotatable bonds is 7. The Labute approximate surface area is 138 Å². The first kappa shape index (κ1) is 16.8. The number of benzene rings is 2. The maximum Gasteiger partial charge on any atom is 0.163 e. The first-order valence-electron chi connectivity index (χ1n) is 7.95. The van der Waals surface area contributed by atoms with Gasteiger partial charge >= 0.3 is 0 Å². The lowest BCUT2D eigenvalue weighted by Crippen LogP contribution is -2.08. The molecule has 0 radical (unpaired) electrons. The van der Waals surface area contributed by atoms with Crippen LogP contribution >= 0.6 is 11.6 Å². The average molecular weight is 315 g/mol. The van der Waals surface area contributed by atoms with Crippen molar-refractivity contribution in [2.75, 3.05) is 0 Å². The summed E-state index contributed by atoms with van der Waals surface area (Å²) in [6, 6.07) is 15.8. The third-order valence-electron chi connectivity index (χ3n) is 4.05. The molecule has 0 saturated carbocycles. The molecule has 1 unspecified atom stereocenters. The Bertz CT molecular complexity index is 599. The Morgan fingerprint density at radius 1 is 1.05 bits per heavy atom. The zero-order valence-corrected chi connectivity index (χ0v) is 14.1. The summed E-state index contributed by atoms with van der Waals surface area (Å²) in [5, 5.41) is 0.739. The smallest absolute Gasteiger partial charge is 0.163 e. The zero-order valence-electron chi connectivity index (χ0n) is 13.3. The molecule has 0 fully saturated rings. The van der Waals surface area contributed by atoms with Crippen LogP contribution in [-0.4, -0.2) is 5.78 Å². The fraction of sp³-hybridized carbons (Fsp3) is 0.350. The lowest BCUT2D eigenvalue weighted by Gasteiger charge is -2.17. The van der Waals surface area contributed by atoms with Crippen LogP contribution < -0.4 is 0 Å². The monoisotopic (exact) mass is 314 g/mol.